The van der Waals surface area contributed by atoms with E-state index in [1.165, 1.54) is 7.11 Å². The fourth-order valence-electron chi connectivity index (χ4n) is 1.98. The molecule has 0 aliphatic rings. The number of hydrogen-bond donors (Lipinski definition) is 2. The van der Waals surface area contributed by atoms with Gasteiger partial charge in [-0.3, -0.25) is 14.4 Å². The fraction of sp³-hybridized carbons (Fsp3) is 0.333. The molecule has 0 radical (unpaired) electrons. The quantitative estimate of drug-likeness (QED) is 0.758. The van der Waals surface area contributed by atoms with E-state index in [1.807, 2.05) is 6.07 Å². The molecule has 0 aliphatic heterocycles. The molecule has 2 rings (SSSR count). The topological polar surface area (TPSA) is 101 Å². The van der Waals surface area contributed by atoms with Gasteiger partial charge in [0, 0.05) is 19.4 Å². The predicted molar refractivity (Wildman–Crippen MR) is 80.3 cm³/mol. The number of esters is 1. The van der Waals surface area contributed by atoms with Crippen molar-refractivity contribution < 1.29 is 14.3 Å². The second-order valence-electron chi connectivity index (χ2n) is 4.71. The molecule has 1 heterocycles. The minimum Gasteiger partial charge on any atom is -0.469 e. The molecular formula is C15H17N3O4. The highest BCUT2D eigenvalue weighted by atomic mass is 16.5. The monoisotopic (exact) mass is 303 g/mol. The van der Waals surface area contributed by atoms with Crippen LogP contribution in [0.25, 0.3) is 10.9 Å². The number of H-pyrrole nitrogens is 1. The van der Waals surface area contributed by atoms with Crippen molar-refractivity contribution in [2.45, 2.75) is 19.3 Å². The van der Waals surface area contributed by atoms with E-state index in [9.17, 15) is 14.4 Å². The lowest BCUT2D eigenvalue weighted by molar-refractivity contribution is -0.142. The molecule has 0 bridgehead atoms. The molecule has 0 aliphatic carbocycles. The van der Waals surface area contributed by atoms with Gasteiger partial charge >= 0.3 is 5.97 Å². The van der Waals surface area contributed by atoms with Crippen molar-refractivity contribution in [1.29, 1.82) is 0 Å². The summed E-state index contributed by atoms with van der Waals surface area (Å²) in [4.78, 5) is 41.3. The van der Waals surface area contributed by atoms with E-state index in [0.29, 0.717) is 29.7 Å². The third-order valence-electron chi connectivity index (χ3n) is 3.13. The van der Waals surface area contributed by atoms with Crippen molar-refractivity contribution in [2.75, 3.05) is 13.7 Å². The second-order valence-corrected chi connectivity index (χ2v) is 4.71. The summed E-state index contributed by atoms with van der Waals surface area (Å²) in [6.07, 6.45) is 0.534. The minimum atomic E-state index is -0.421. The lowest BCUT2D eigenvalue weighted by Gasteiger charge is -2.05. The van der Waals surface area contributed by atoms with Crippen LogP contribution in [0.15, 0.2) is 29.1 Å². The van der Waals surface area contributed by atoms with E-state index in [-0.39, 0.29) is 24.3 Å². The van der Waals surface area contributed by atoms with Gasteiger partial charge in [0.05, 0.1) is 24.4 Å². The van der Waals surface area contributed by atoms with Gasteiger partial charge in [-0.2, -0.15) is 0 Å². The number of ether oxygens (including phenoxy) is 1. The molecule has 2 aromatic rings. The van der Waals surface area contributed by atoms with E-state index in [4.69, 9.17) is 0 Å². The maximum atomic E-state index is 11.9. The van der Waals surface area contributed by atoms with Crippen LogP contribution in [-0.4, -0.2) is 35.5 Å². The van der Waals surface area contributed by atoms with Gasteiger partial charge in [0.25, 0.3) is 5.56 Å². The largest absolute Gasteiger partial charge is 0.469 e. The van der Waals surface area contributed by atoms with Gasteiger partial charge in [0.2, 0.25) is 5.91 Å². The molecule has 0 fully saturated rings. The Labute approximate surface area is 126 Å². The van der Waals surface area contributed by atoms with E-state index < -0.39 is 5.97 Å². The number of carbonyl (C=O) groups is 2. The number of para-hydroxylation sites is 1. The molecule has 1 amide bonds. The van der Waals surface area contributed by atoms with E-state index in [0.717, 1.165) is 0 Å². The highest BCUT2D eigenvalue weighted by Gasteiger charge is 2.07. The van der Waals surface area contributed by atoms with Crippen molar-refractivity contribution >= 4 is 22.8 Å². The third kappa shape index (κ3) is 4.15. The standard InChI is InChI=1S/C15H17N3O4/c1-22-14(20)7-6-13(19)16-9-8-12-17-11-5-3-2-4-10(11)15(21)18-12/h2-5H,6-9H2,1H3,(H,16,19)(H,17,18,21). The second kappa shape index (κ2) is 7.35. The van der Waals surface area contributed by atoms with Crippen LogP contribution in [-0.2, 0) is 20.7 Å². The highest BCUT2D eigenvalue weighted by Crippen LogP contribution is 2.05. The predicted octanol–water partition coefficient (Wildman–Crippen LogP) is 0.535. The average molecular weight is 303 g/mol. The van der Waals surface area contributed by atoms with Gasteiger partial charge < -0.3 is 15.0 Å². The molecule has 116 valence electrons. The van der Waals surface area contributed by atoms with E-state index in [2.05, 4.69) is 20.0 Å². The number of aromatic nitrogens is 2. The molecule has 22 heavy (non-hydrogen) atoms. The van der Waals surface area contributed by atoms with Gasteiger partial charge in [-0.1, -0.05) is 12.1 Å². The summed E-state index contributed by atoms with van der Waals surface area (Å²) in [6.45, 7) is 0.335. The Bertz CT molecular complexity index is 739. The molecule has 0 unspecified atom stereocenters. The van der Waals surface area contributed by atoms with Crippen LogP contribution in [0, 0.1) is 0 Å². The van der Waals surface area contributed by atoms with E-state index in [1.54, 1.807) is 18.2 Å². The molecule has 7 nitrogen and oxygen atoms in total. The van der Waals surface area contributed by atoms with Crippen LogP contribution >= 0.6 is 0 Å². The number of benzene rings is 1. The first-order valence-corrected chi connectivity index (χ1v) is 6.91. The summed E-state index contributed by atoms with van der Waals surface area (Å²) in [7, 11) is 1.28. The van der Waals surface area contributed by atoms with Crippen LogP contribution in [0.3, 0.4) is 0 Å². The summed E-state index contributed by atoms with van der Waals surface area (Å²) in [5.41, 5.74) is 0.427. The first-order valence-electron chi connectivity index (χ1n) is 6.91. The molecule has 1 aromatic heterocycles. The lowest BCUT2D eigenvalue weighted by Crippen LogP contribution is -2.27. The fourth-order valence-corrected chi connectivity index (χ4v) is 1.98. The van der Waals surface area contributed by atoms with Crippen molar-refractivity contribution in [2.24, 2.45) is 0 Å². The van der Waals surface area contributed by atoms with Crippen molar-refractivity contribution in [1.82, 2.24) is 15.3 Å². The van der Waals surface area contributed by atoms with Crippen LogP contribution in [0.1, 0.15) is 18.7 Å². The Morgan fingerprint density at radius 1 is 1.27 bits per heavy atom. The number of methoxy groups -OCH3 is 1. The van der Waals surface area contributed by atoms with Crippen molar-refractivity contribution in [3.8, 4) is 0 Å². The Morgan fingerprint density at radius 3 is 2.82 bits per heavy atom. The van der Waals surface area contributed by atoms with Crippen molar-refractivity contribution in [3.63, 3.8) is 0 Å². The zero-order valence-corrected chi connectivity index (χ0v) is 12.2. The number of rotatable bonds is 6. The SMILES string of the molecule is COC(=O)CCC(=O)NCCc1nc2ccccc2c(=O)[nH]1. The molecule has 0 saturated carbocycles. The Morgan fingerprint density at radius 2 is 2.05 bits per heavy atom. The smallest absolute Gasteiger partial charge is 0.306 e. The zero-order valence-electron chi connectivity index (χ0n) is 12.2. The molecule has 7 heteroatoms. The first kappa shape index (κ1) is 15.7. The van der Waals surface area contributed by atoms with Gasteiger partial charge in [-0.25, -0.2) is 4.98 Å². The van der Waals surface area contributed by atoms with Crippen LogP contribution in [0.2, 0.25) is 0 Å². The highest BCUT2D eigenvalue weighted by molar-refractivity contribution is 5.81. The molecular weight excluding hydrogens is 286 g/mol. The number of carbonyl (C=O) groups excluding carboxylic acids is 2. The number of aromatic amines is 1. The van der Waals surface area contributed by atoms with Gasteiger partial charge in [0.1, 0.15) is 5.82 Å². The van der Waals surface area contributed by atoms with Crippen LogP contribution < -0.4 is 10.9 Å². The minimum absolute atomic E-state index is 0.0490. The summed E-state index contributed by atoms with van der Waals surface area (Å²) < 4.78 is 4.46. The van der Waals surface area contributed by atoms with Gasteiger partial charge in [0.15, 0.2) is 0 Å². The molecule has 0 spiro atoms. The van der Waals surface area contributed by atoms with Gasteiger partial charge in [-0.05, 0) is 12.1 Å². The molecule has 0 saturated heterocycles. The molecule has 1 aromatic carbocycles. The number of nitrogens with zero attached hydrogens (tertiary/aromatic N) is 1. The number of fused-ring (bicyclic) bond motifs is 1. The molecule has 0 atom stereocenters. The lowest BCUT2D eigenvalue weighted by atomic mass is 10.2. The summed E-state index contributed by atoms with van der Waals surface area (Å²) in [5.74, 6) is -0.152. The number of amides is 1. The summed E-state index contributed by atoms with van der Waals surface area (Å²) >= 11 is 0. The number of nitrogens with one attached hydrogen (secondary N) is 2. The Balaban J connectivity index is 1.88. The van der Waals surface area contributed by atoms with Crippen LogP contribution in [0.4, 0.5) is 0 Å². The summed E-state index contributed by atoms with van der Waals surface area (Å²) in [5, 5.41) is 3.20. The first-order chi connectivity index (χ1) is 10.6. The zero-order chi connectivity index (χ0) is 15.9. The third-order valence-corrected chi connectivity index (χ3v) is 3.13. The van der Waals surface area contributed by atoms with Gasteiger partial charge in [-0.15, -0.1) is 0 Å². The number of hydrogen-bond acceptors (Lipinski definition) is 5. The maximum absolute atomic E-state index is 11.9. The normalized spacial score (nSPS) is 10.4. The van der Waals surface area contributed by atoms with Crippen LogP contribution in [0.5, 0.6) is 0 Å². The maximum Gasteiger partial charge on any atom is 0.306 e. The summed E-state index contributed by atoms with van der Waals surface area (Å²) in [6, 6.07) is 7.07. The van der Waals surface area contributed by atoms with Crippen molar-refractivity contribution in [3.05, 3.63) is 40.4 Å². The Kier molecular flexibility index (Phi) is 5.24. The Hall–Kier alpha value is -2.70. The van der Waals surface area contributed by atoms with E-state index >= 15 is 0 Å². The molecule has 2 N–H and O–H groups in total. The average Bonchev–Trinajstić information content (AvgIpc) is 2.52.